The number of benzene rings is 2. The molecule has 32 heavy (non-hydrogen) atoms. The lowest BCUT2D eigenvalue weighted by molar-refractivity contribution is -0.385. The number of nitro groups is 2. The minimum absolute atomic E-state index is 0.0868. The molecule has 3 rings (SSSR count). The number of nitro benzene ring substituents is 2. The lowest BCUT2D eigenvalue weighted by Crippen LogP contribution is -2.39. The van der Waals surface area contributed by atoms with Crippen LogP contribution in [0.2, 0.25) is 5.02 Å². The Kier molecular flexibility index (Phi) is 7.18. The first kappa shape index (κ1) is 23.3. The average molecular weight is 480 g/mol. The Bertz CT molecular complexity index is 1110. The van der Waals surface area contributed by atoms with E-state index >= 15 is 0 Å². The topological polar surface area (TPSA) is 140 Å². The third-order valence-electron chi connectivity index (χ3n) is 4.75. The smallest absolute Gasteiger partial charge is 0.288 e. The average Bonchev–Trinajstić information content (AvgIpc) is 2.75. The molecule has 0 aliphatic carbocycles. The molecule has 0 aromatic heterocycles. The number of carbonyl (C=O) groups excluding carboxylic acids is 1. The van der Waals surface area contributed by atoms with E-state index in [1.54, 1.807) is 6.92 Å². The van der Waals surface area contributed by atoms with E-state index in [0.29, 0.717) is 43.2 Å². The van der Waals surface area contributed by atoms with E-state index in [4.69, 9.17) is 28.6 Å². The second-order valence-electron chi connectivity index (χ2n) is 6.84. The Hall–Kier alpha value is -3.35. The van der Waals surface area contributed by atoms with Crippen LogP contribution in [0.15, 0.2) is 30.3 Å². The lowest BCUT2D eigenvalue weighted by atomic mass is 10.1. The summed E-state index contributed by atoms with van der Waals surface area (Å²) in [6.07, 6.45) is 0. The Morgan fingerprint density at radius 2 is 1.84 bits per heavy atom. The Labute approximate surface area is 192 Å². The van der Waals surface area contributed by atoms with Gasteiger partial charge < -0.3 is 15.0 Å². The van der Waals surface area contributed by atoms with E-state index in [1.165, 1.54) is 30.3 Å². The van der Waals surface area contributed by atoms with Gasteiger partial charge in [-0.2, -0.15) is 0 Å². The number of aryl methyl sites for hydroxylation is 1. The monoisotopic (exact) mass is 479 g/mol. The maximum Gasteiger partial charge on any atom is 0.288 e. The second-order valence-corrected chi connectivity index (χ2v) is 7.66. The number of anilines is 2. The number of hydrogen-bond acceptors (Lipinski definition) is 8. The summed E-state index contributed by atoms with van der Waals surface area (Å²) in [5, 5.41) is 27.3. The number of nitrogens with zero attached hydrogens (tertiary/aromatic N) is 3. The minimum atomic E-state index is -0.640. The summed E-state index contributed by atoms with van der Waals surface area (Å²) in [6.45, 7) is 3.62. The van der Waals surface area contributed by atoms with Crippen molar-refractivity contribution in [2.45, 2.75) is 6.92 Å². The number of amides is 1. The van der Waals surface area contributed by atoms with Crippen molar-refractivity contribution in [2.24, 2.45) is 0 Å². The Balaban J connectivity index is 1.82. The van der Waals surface area contributed by atoms with Crippen LogP contribution in [0.1, 0.15) is 15.9 Å². The van der Waals surface area contributed by atoms with Crippen molar-refractivity contribution < 1.29 is 19.4 Å². The number of morpholine rings is 1. The van der Waals surface area contributed by atoms with Gasteiger partial charge in [0.2, 0.25) is 0 Å². The molecule has 1 saturated heterocycles. The molecule has 0 atom stereocenters. The van der Waals surface area contributed by atoms with Gasteiger partial charge in [-0.15, -0.1) is 0 Å². The standard InChI is InChI=1S/C19H18ClN5O6S/c1-11-8-17(25(29)30)14(20)10-15(11)21-19(32)22-18(26)13-9-12(24(27)28)2-3-16(13)23-4-6-31-7-5-23/h2-3,8-10H,4-7H2,1H3,(H2,21,22,26,32). The Morgan fingerprint density at radius 3 is 2.47 bits per heavy atom. The highest BCUT2D eigenvalue weighted by atomic mass is 35.5. The maximum atomic E-state index is 12.9. The largest absolute Gasteiger partial charge is 0.378 e. The summed E-state index contributed by atoms with van der Waals surface area (Å²) >= 11 is 11.1. The summed E-state index contributed by atoms with van der Waals surface area (Å²) in [4.78, 5) is 35.9. The van der Waals surface area contributed by atoms with Crippen LogP contribution in [-0.4, -0.2) is 47.2 Å². The van der Waals surface area contributed by atoms with Crippen LogP contribution in [0.5, 0.6) is 0 Å². The molecule has 1 heterocycles. The number of rotatable bonds is 5. The third kappa shape index (κ3) is 5.28. The summed E-state index contributed by atoms with van der Waals surface area (Å²) in [7, 11) is 0. The van der Waals surface area contributed by atoms with Crippen molar-refractivity contribution in [3.63, 3.8) is 0 Å². The predicted octanol–water partition coefficient (Wildman–Crippen LogP) is 3.43. The van der Waals surface area contributed by atoms with Crippen molar-refractivity contribution in [1.82, 2.24) is 5.32 Å². The number of halogens is 1. The zero-order valence-electron chi connectivity index (χ0n) is 16.8. The first-order valence-corrected chi connectivity index (χ1v) is 10.1. The number of thiocarbonyl (C=S) groups is 1. The van der Waals surface area contributed by atoms with E-state index in [-0.39, 0.29) is 27.1 Å². The van der Waals surface area contributed by atoms with Crippen LogP contribution < -0.4 is 15.5 Å². The second kappa shape index (κ2) is 9.85. The van der Waals surface area contributed by atoms with Gasteiger partial charge in [-0.05, 0) is 36.8 Å². The zero-order chi connectivity index (χ0) is 23.4. The summed E-state index contributed by atoms with van der Waals surface area (Å²) in [5.74, 6) is -0.640. The van der Waals surface area contributed by atoms with Crippen LogP contribution in [0, 0.1) is 27.2 Å². The molecular weight excluding hydrogens is 462 g/mol. The van der Waals surface area contributed by atoms with E-state index in [1.807, 2.05) is 4.90 Å². The fraction of sp³-hybridized carbons (Fsp3) is 0.263. The molecule has 13 heteroatoms. The quantitative estimate of drug-likeness (QED) is 0.375. The molecule has 0 unspecified atom stereocenters. The summed E-state index contributed by atoms with van der Waals surface area (Å²) in [6, 6.07) is 6.67. The van der Waals surface area contributed by atoms with Crippen molar-refractivity contribution in [3.05, 3.63) is 66.7 Å². The SMILES string of the molecule is Cc1cc([N+](=O)[O-])c(Cl)cc1NC(=S)NC(=O)c1cc([N+](=O)[O-])ccc1N1CCOCC1. The maximum absolute atomic E-state index is 12.9. The molecule has 2 aromatic rings. The molecule has 1 fully saturated rings. The lowest BCUT2D eigenvalue weighted by Gasteiger charge is -2.30. The first-order valence-electron chi connectivity index (χ1n) is 9.35. The molecule has 0 spiro atoms. The molecule has 0 saturated carbocycles. The van der Waals surface area contributed by atoms with Gasteiger partial charge >= 0.3 is 0 Å². The van der Waals surface area contributed by atoms with E-state index in [2.05, 4.69) is 10.6 Å². The minimum Gasteiger partial charge on any atom is -0.378 e. The van der Waals surface area contributed by atoms with Crippen molar-refractivity contribution in [3.8, 4) is 0 Å². The highest BCUT2D eigenvalue weighted by molar-refractivity contribution is 7.80. The molecular formula is C19H18ClN5O6S. The van der Waals surface area contributed by atoms with Crippen molar-refractivity contribution in [2.75, 3.05) is 36.5 Å². The summed E-state index contributed by atoms with van der Waals surface area (Å²) in [5.41, 5.74) is 0.985. The van der Waals surface area contributed by atoms with Gasteiger partial charge in [0.1, 0.15) is 5.02 Å². The fourth-order valence-corrected chi connectivity index (χ4v) is 3.60. The number of non-ortho nitro benzene ring substituents is 1. The van der Waals surface area contributed by atoms with E-state index < -0.39 is 15.8 Å². The number of nitrogens with one attached hydrogen (secondary N) is 2. The van der Waals surface area contributed by atoms with Crippen LogP contribution in [0.3, 0.4) is 0 Å². The normalized spacial score (nSPS) is 13.4. The van der Waals surface area contributed by atoms with Gasteiger partial charge in [0.25, 0.3) is 17.3 Å². The third-order valence-corrected chi connectivity index (χ3v) is 5.26. The van der Waals surface area contributed by atoms with Gasteiger partial charge in [0, 0.05) is 37.0 Å². The van der Waals surface area contributed by atoms with Crippen molar-refractivity contribution >= 4 is 57.6 Å². The van der Waals surface area contributed by atoms with Crippen LogP contribution >= 0.6 is 23.8 Å². The molecule has 0 radical (unpaired) electrons. The highest BCUT2D eigenvalue weighted by Gasteiger charge is 2.23. The molecule has 2 aromatic carbocycles. The van der Waals surface area contributed by atoms with Crippen LogP contribution in [0.4, 0.5) is 22.7 Å². The number of ether oxygens (including phenoxy) is 1. The van der Waals surface area contributed by atoms with Gasteiger partial charge in [-0.25, -0.2) is 0 Å². The first-order chi connectivity index (χ1) is 15.2. The van der Waals surface area contributed by atoms with Crippen LogP contribution in [0.25, 0.3) is 0 Å². The highest BCUT2D eigenvalue weighted by Crippen LogP contribution is 2.31. The van der Waals surface area contributed by atoms with E-state index in [9.17, 15) is 25.0 Å². The summed E-state index contributed by atoms with van der Waals surface area (Å²) < 4.78 is 5.32. The molecule has 0 bridgehead atoms. The molecule has 1 aliphatic heterocycles. The van der Waals surface area contributed by atoms with Crippen LogP contribution in [-0.2, 0) is 4.74 Å². The molecule has 2 N–H and O–H groups in total. The number of hydrogen-bond donors (Lipinski definition) is 2. The predicted molar refractivity (Wildman–Crippen MR) is 123 cm³/mol. The van der Waals surface area contributed by atoms with E-state index in [0.717, 1.165) is 0 Å². The fourth-order valence-electron chi connectivity index (χ4n) is 3.16. The van der Waals surface area contributed by atoms with Gasteiger partial charge in [0.15, 0.2) is 5.11 Å². The molecule has 1 aliphatic rings. The van der Waals surface area contributed by atoms with Gasteiger partial charge in [-0.3, -0.25) is 30.3 Å². The molecule has 11 nitrogen and oxygen atoms in total. The van der Waals surface area contributed by atoms with Gasteiger partial charge in [0.05, 0.1) is 34.3 Å². The number of carbonyl (C=O) groups is 1. The Morgan fingerprint density at radius 1 is 1.16 bits per heavy atom. The molecule has 1 amide bonds. The zero-order valence-corrected chi connectivity index (χ0v) is 18.4. The molecule has 168 valence electrons. The van der Waals surface area contributed by atoms with Gasteiger partial charge in [-0.1, -0.05) is 11.6 Å². The van der Waals surface area contributed by atoms with Crippen molar-refractivity contribution in [1.29, 1.82) is 0 Å².